The smallest absolute Gasteiger partial charge is 0.295 e. The van der Waals surface area contributed by atoms with Gasteiger partial charge < -0.3 is 10.2 Å². The number of nitro benzene ring substituents is 1. The second-order valence-corrected chi connectivity index (χ2v) is 3.69. The minimum atomic E-state index is -0.551. The van der Waals surface area contributed by atoms with Crippen molar-refractivity contribution in [1.29, 1.82) is 0 Å². The van der Waals surface area contributed by atoms with Gasteiger partial charge >= 0.3 is 0 Å². The summed E-state index contributed by atoms with van der Waals surface area (Å²) in [6.07, 6.45) is 0. The second kappa shape index (κ2) is 4.24. The van der Waals surface area contributed by atoms with Gasteiger partial charge in [0.15, 0.2) is 4.77 Å². The number of aromatic nitrogens is 2. The molecule has 2 N–H and O–H groups in total. The number of rotatable bonds is 3. The van der Waals surface area contributed by atoms with Gasteiger partial charge in [-0.25, -0.2) is 0 Å². The molecule has 1 aromatic heterocycles. The molecule has 0 amide bonds. The highest BCUT2D eigenvalue weighted by Crippen LogP contribution is 2.27. The second-order valence-electron chi connectivity index (χ2n) is 3.32. The number of hydrogen-bond donors (Lipinski definition) is 2. The van der Waals surface area contributed by atoms with Gasteiger partial charge in [0.05, 0.1) is 10.4 Å². The van der Waals surface area contributed by atoms with Crippen molar-refractivity contribution in [3.63, 3.8) is 0 Å². The lowest BCUT2D eigenvalue weighted by Gasteiger charge is -1.99. The molecule has 0 aliphatic heterocycles. The molecule has 1 aromatic carbocycles. The maximum absolute atomic E-state index is 10.9. The Kier molecular flexibility index (Phi) is 2.92. The first-order valence-electron chi connectivity index (χ1n) is 4.70. The average Bonchev–Trinajstić information content (AvgIpc) is 2.59. The molecule has 0 fully saturated rings. The summed E-state index contributed by atoms with van der Waals surface area (Å²) in [5, 5.41) is 29.3. The Labute approximate surface area is 100 Å². The highest BCUT2D eigenvalue weighted by molar-refractivity contribution is 7.71. The van der Waals surface area contributed by atoms with Crippen molar-refractivity contribution in [2.75, 3.05) is 0 Å². The van der Waals surface area contributed by atoms with E-state index in [-0.39, 0.29) is 16.0 Å². The number of benzene rings is 1. The molecule has 0 saturated heterocycles. The maximum Gasteiger partial charge on any atom is 0.295 e. The quantitative estimate of drug-likeness (QED) is 0.484. The van der Waals surface area contributed by atoms with Crippen LogP contribution in [-0.4, -0.2) is 24.3 Å². The van der Waals surface area contributed by atoms with Crippen molar-refractivity contribution >= 4 is 28.9 Å². The highest BCUT2D eigenvalue weighted by Gasteiger charge is 2.19. The fourth-order valence-corrected chi connectivity index (χ4v) is 2.08. The monoisotopic (exact) mass is 255 g/mol. The third-order valence-electron chi connectivity index (χ3n) is 2.50. The normalized spacial score (nSPS) is 10.9. The average molecular weight is 255 g/mol. The van der Waals surface area contributed by atoms with Gasteiger partial charge in [0, 0.05) is 6.07 Å². The van der Waals surface area contributed by atoms with Gasteiger partial charge in [0.1, 0.15) is 19.0 Å². The third kappa shape index (κ3) is 1.62. The molecule has 2 rings (SSSR count). The van der Waals surface area contributed by atoms with E-state index < -0.39 is 18.4 Å². The summed E-state index contributed by atoms with van der Waals surface area (Å²) in [4.78, 5) is 10.3. The summed E-state index contributed by atoms with van der Waals surface area (Å²) in [7, 11) is 0. The molecule has 0 spiro atoms. The zero-order valence-electron chi connectivity index (χ0n) is 8.61. The number of aliphatic hydroxyl groups is 2. The van der Waals surface area contributed by atoms with E-state index >= 15 is 0 Å². The molecule has 8 heteroatoms. The van der Waals surface area contributed by atoms with Gasteiger partial charge in [-0.1, -0.05) is 6.07 Å². The molecule has 2 aromatic rings. The van der Waals surface area contributed by atoms with Gasteiger partial charge in [-0.2, -0.15) is 0 Å². The van der Waals surface area contributed by atoms with Crippen LogP contribution in [0, 0.1) is 14.9 Å². The van der Waals surface area contributed by atoms with Crippen molar-refractivity contribution < 1.29 is 15.1 Å². The lowest BCUT2D eigenvalue weighted by molar-refractivity contribution is -0.383. The molecule has 0 unspecified atom stereocenters. The summed E-state index contributed by atoms with van der Waals surface area (Å²) in [5.41, 5.74) is 0.467. The Bertz CT molecular complexity index is 645. The fourth-order valence-electron chi connectivity index (χ4n) is 1.77. The van der Waals surface area contributed by atoms with E-state index in [4.69, 9.17) is 12.2 Å². The number of imidazole rings is 1. The third-order valence-corrected chi connectivity index (χ3v) is 2.94. The topological polar surface area (TPSA) is 93.5 Å². The Morgan fingerprint density at radius 3 is 2.47 bits per heavy atom. The number of aliphatic hydroxyl groups excluding tert-OH is 2. The van der Waals surface area contributed by atoms with Crippen molar-refractivity contribution in [3.8, 4) is 0 Å². The molecule has 90 valence electrons. The molecule has 0 atom stereocenters. The van der Waals surface area contributed by atoms with E-state index in [1.807, 2.05) is 0 Å². The van der Waals surface area contributed by atoms with Crippen LogP contribution in [0.25, 0.3) is 11.0 Å². The summed E-state index contributed by atoms with van der Waals surface area (Å²) in [6, 6.07) is 4.43. The van der Waals surface area contributed by atoms with Crippen molar-refractivity contribution in [3.05, 3.63) is 33.1 Å². The van der Waals surface area contributed by atoms with Crippen LogP contribution in [-0.2, 0) is 13.5 Å². The summed E-state index contributed by atoms with van der Waals surface area (Å²) < 4.78 is 2.66. The van der Waals surface area contributed by atoms with Crippen molar-refractivity contribution in [2.45, 2.75) is 13.5 Å². The number of para-hydroxylation sites is 1. The molecule has 17 heavy (non-hydrogen) atoms. The Morgan fingerprint density at radius 2 is 1.94 bits per heavy atom. The first-order chi connectivity index (χ1) is 8.11. The van der Waals surface area contributed by atoms with E-state index in [0.29, 0.717) is 5.52 Å². The van der Waals surface area contributed by atoms with E-state index in [1.165, 1.54) is 21.3 Å². The van der Waals surface area contributed by atoms with Crippen molar-refractivity contribution in [2.24, 2.45) is 0 Å². The first-order valence-corrected chi connectivity index (χ1v) is 5.10. The lowest BCUT2D eigenvalue weighted by Crippen LogP contribution is -2.01. The molecule has 7 nitrogen and oxygen atoms in total. The summed E-state index contributed by atoms with van der Waals surface area (Å²) in [5.74, 6) is 0. The van der Waals surface area contributed by atoms with Crippen LogP contribution in [0.4, 0.5) is 5.69 Å². The van der Waals surface area contributed by atoms with Crippen LogP contribution in [0.15, 0.2) is 18.2 Å². The van der Waals surface area contributed by atoms with E-state index in [9.17, 15) is 20.3 Å². The number of hydrogen-bond acceptors (Lipinski definition) is 5. The molecule has 0 bridgehead atoms. The zero-order valence-corrected chi connectivity index (χ0v) is 9.42. The fraction of sp³-hybridized carbons (Fsp3) is 0.222. The molecule has 0 saturated carbocycles. The van der Waals surface area contributed by atoms with Gasteiger partial charge in [0.2, 0.25) is 0 Å². The molecule has 0 aliphatic rings. The minimum absolute atomic E-state index is 0.138. The van der Waals surface area contributed by atoms with Gasteiger partial charge in [0.25, 0.3) is 5.69 Å². The molecule has 0 aliphatic carbocycles. The van der Waals surface area contributed by atoms with Crippen LogP contribution >= 0.6 is 12.2 Å². The maximum atomic E-state index is 10.9. The van der Waals surface area contributed by atoms with Crippen LogP contribution in [0.2, 0.25) is 0 Å². The molecule has 1 heterocycles. The lowest BCUT2D eigenvalue weighted by atomic mass is 10.2. The van der Waals surface area contributed by atoms with Gasteiger partial charge in [-0.15, -0.1) is 0 Å². The molecule has 0 radical (unpaired) electrons. The minimum Gasteiger partial charge on any atom is -0.376 e. The van der Waals surface area contributed by atoms with Gasteiger partial charge in [-0.05, 0) is 18.3 Å². The largest absolute Gasteiger partial charge is 0.376 e. The first kappa shape index (κ1) is 11.7. The van der Waals surface area contributed by atoms with Crippen LogP contribution < -0.4 is 0 Å². The number of fused-ring (bicyclic) bond motifs is 1. The summed E-state index contributed by atoms with van der Waals surface area (Å²) >= 11 is 5.02. The SMILES string of the molecule is O=[N+]([O-])c1cccc2c1n(CO)c(=S)n2CO. The Hall–Kier alpha value is -1.77. The van der Waals surface area contributed by atoms with E-state index in [1.54, 1.807) is 6.07 Å². The number of non-ortho nitro benzene ring substituents is 1. The number of nitro groups is 1. The zero-order chi connectivity index (χ0) is 12.6. The van der Waals surface area contributed by atoms with Crippen LogP contribution in [0.5, 0.6) is 0 Å². The number of nitrogens with zero attached hydrogens (tertiary/aromatic N) is 3. The molecular formula is C9H9N3O4S. The Morgan fingerprint density at radius 1 is 1.29 bits per heavy atom. The summed E-state index contributed by atoms with van der Waals surface area (Å²) in [6.45, 7) is -0.878. The highest BCUT2D eigenvalue weighted by atomic mass is 32.1. The standard InChI is InChI=1S/C9H9N3O4S/c13-4-10-6-2-1-3-7(12(15)16)8(6)11(5-14)9(10)17/h1-3,13-14H,4-5H2. The molecular weight excluding hydrogens is 246 g/mol. The van der Waals surface area contributed by atoms with Crippen LogP contribution in [0.1, 0.15) is 0 Å². The Balaban J connectivity index is 2.99. The van der Waals surface area contributed by atoms with E-state index in [2.05, 4.69) is 0 Å². The van der Waals surface area contributed by atoms with Gasteiger partial charge in [-0.3, -0.25) is 19.2 Å². The predicted octanol–water partition coefficient (Wildman–Crippen LogP) is 0.980. The van der Waals surface area contributed by atoms with E-state index in [0.717, 1.165) is 0 Å². The predicted molar refractivity (Wildman–Crippen MR) is 61.9 cm³/mol. The van der Waals surface area contributed by atoms with Crippen molar-refractivity contribution in [1.82, 2.24) is 9.13 Å². The van der Waals surface area contributed by atoms with Crippen LogP contribution in [0.3, 0.4) is 0 Å².